The molecule has 0 radical (unpaired) electrons. The second-order valence-electron chi connectivity index (χ2n) is 6.80. The molecule has 8 heteroatoms. The standard InChI is InChI=1S/C16H29NO6.H2O/c1-7-8-9-22-14(20)17(15(21)23-16(4,5)6)12(13(18)19)10-11(2)3;/h11-12H,7-10H2,1-6H3,(H,18,19);1H2/t12-;/m0./s1. The van der Waals surface area contributed by atoms with Crippen LogP contribution in [0.1, 0.15) is 60.8 Å². The summed E-state index contributed by atoms with van der Waals surface area (Å²) in [6.45, 7) is 10.6. The molecule has 0 aliphatic rings. The maximum absolute atomic E-state index is 12.3. The summed E-state index contributed by atoms with van der Waals surface area (Å²) < 4.78 is 10.2. The smallest absolute Gasteiger partial charge is 0.420 e. The summed E-state index contributed by atoms with van der Waals surface area (Å²) in [5.41, 5.74) is -0.847. The molecule has 0 spiro atoms. The van der Waals surface area contributed by atoms with Crippen LogP contribution in [0.2, 0.25) is 0 Å². The van der Waals surface area contributed by atoms with Crippen molar-refractivity contribution in [3.05, 3.63) is 0 Å². The Hall–Kier alpha value is -1.83. The largest absolute Gasteiger partial charge is 0.480 e. The van der Waals surface area contributed by atoms with Crippen LogP contribution in [0.5, 0.6) is 0 Å². The number of carbonyl (C=O) groups is 3. The third kappa shape index (κ3) is 9.34. The molecule has 0 aromatic carbocycles. The summed E-state index contributed by atoms with van der Waals surface area (Å²) in [4.78, 5) is 36.6. The molecule has 0 bridgehead atoms. The number of ether oxygens (including phenoxy) is 2. The van der Waals surface area contributed by atoms with Gasteiger partial charge in [-0.25, -0.2) is 14.4 Å². The predicted molar refractivity (Wildman–Crippen MR) is 88.8 cm³/mol. The van der Waals surface area contributed by atoms with Crippen LogP contribution in [0.3, 0.4) is 0 Å². The molecule has 24 heavy (non-hydrogen) atoms. The lowest BCUT2D eigenvalue weighted by Gasteiger charge is -2.30. The summed E-state index contributed by atoms with van der Waals surface area (Å²) in [6, 6.07) is -1.32. The summed E-state index contributed by atoms with van der Waals surface area (Å²) in [5, 5.41) is 9.40. The first-order valence-corrected chi connectivity index (χ1v) is 7.91. The van der Waals surface area contributed by atoms with Crippen LogP contribution in [0, 0.1) is 5.92 Å². The number of carboxylic acids is 1. The molecule has 0 saturated heterocycles. The quantitative estimate of drug-likeness (QED) is 0.705. The molecule has 0 aromatic rings. The second-order valence-corrected chi connectivity index (χ2v) is 6.80. The van der Waals surface area contributed by atoms with Crippen molar-refractivity contribution in [2.75, 3.05) is 6.61 Å². The zero-order valence-electron chi connectivity index (χ0n) is 15.4. The van der Waals surface area contributed by atoms with Crippen LogP contribution < -0.4 is 0 Å². The second kappa shape index (κ2) is 10.9. The number of rotatable bonds is 7. The minimum atomic E-state index is -1.32. The maximum Gasteiger partial charge on any atom is 0.420 e. The number of carboxylic acid groups (broad SMARTS) is 1. The van der Waals surface area contributed by atoms with E-state index in [1.807, 2.05) is 20.8 Å². The first-order valence-electron chi connectivity index (χ1n) is 7.91. The van der Waals surface area contributed by atoms with Gasteiger partial charge in [0.1, 0.15) is 11.6 Å². The first-order chi connectivity index (χ1) is 10.5. The Morgan fingerprint density at radius 3 is 2.04 bits per heavy atom. The molecule has 2 amide bonds. The van der Waals surface area contributed by atoms with Crippen molar-refractivity contribution < 1.29 is 34.4 Å². The summed E-state index contributed by atoms with van der Waals surface area (Å²) >= 11 is 0. The van der Waals surface area contributed by atoms with E-state index < -0.39 is 29.8 Å². The molecule has 142 valence electrons. The fourth-order valence-electron chi connectivity index (χ4n) is 1.78. The molecule has 3 N–H and O–H groups in total. The molecular formula is C16H31NO7. The highest BCUT2D eigenvalue weighted by molar-refractivity contribution is 5.93. The Bertz CT molecular complexity index is 415. The van der Waals surface area contributed by atoms with Crippen molar-refractivity contribution >= 4 is 18.2 Å². The van der Waals surface area contributed by atoms with Gasteiger partial charge in [-0.05, 0) is 39.5 Å². The van der Waals surface area contributed by atoms with Gasteiger partial charge in [0.25, 0.3) is 0 Å². The van der Waals surface area contributed by atoms with Crippen molar-refractivity contribution in [1.29, 1.82) is 0 Å². The van der Waals surface area contributed by atoms with Crippen LogP contribution in [0.15, 0.2) is 0 Å². The van der Waals surface area contributed by atoms with Crippen molar-refractivity contribution in [3.63, 3.8) is 0 Å². The van der Waals surface area contributed by atoms with Gasteiger partial charge in [0.2, 0.25) is 0 Å². The Morgan fingerprint density at radius 1 is 1.12 bits per heavy atom. The Labute approximate surface area is 143 Å². The van der Waals surface area contributed by atoms with Crippen LogP contribution >= 0.6 is 0 Å². The minimum Gasteiger partial charge on any atom is -0.480 e. The van der Waals surface area contributed by atoms with Gasteiger partial charge in [-0.15, -0.1) is 0 Å². The molecule has 0 saturated carbocycles. The maximum atomic E-state index is 12.3. The normalized spacial score (nSPS) is 12.1. The number of imide groups is 1. The number of amides is 2. The number of aliphatic carboxylic acids is 1. The zero-order valence-corrected chi connectivity index (χ0v) is 15.4. The van der Waals surface area contributed by atoms with E-state index in [0.717, 1.165) is 6.42 Å². The van der Waals surface area contributed by atoms with E-state index in [0.29, 0.717) is 11.3 Å². The highest BCUT2D eigenvalue weighted by Crippen LogP contribution is 2.18. The van der Waals surface area contributed by atoms with Crippen molar-refractivity contribution in [2.45, 2.75) is 72.4 Å². The van der Waals surface area contributed by atoms with E-state index in [1.54, 1.807) is 20.8 Å². The van der Waals surface area contributed by atoms with Gasteiger partial charge in [-0.1, -0.05) is 27.2 Å². The van der Waals surface area contributed by atoms with Gasteiger partial charge < -0.3 is 20.1 Å². The third-order valence-electron chi connectivity index (χ3n) is 2.80. The SMILES string of the molecule is CCCCOC(=O)N(C(=O)OC(C)(C)C)[C@@H](CC(C)C)C(=O)O.O. The lowest BCUT2D eigenvalue weighted by molar-refractivity contribution is -0.143. The number of carbonyl (C=O) groups excluding carboxylic acids is 2. The van der Waals surface area contributed by atoms with Crippen molar-refractivity contribution in [2.24, 2.45) is 5.92 Å². The highest BCUT2D eigenvalue weighted by atomic mass is 16.6. The fraction of sp³-hybridized carbons (Fsp3) is 0.812. The highest BCUT2D eigenvalue weighted by Gasteiger charge is 2.39. The van der Waals surface area contributed by atoms with Crippen LogP contribution in [-0.2, 0) is 14.3 Å². The van der Waals surface area contributed by atoms with Gasteiger partial charge in [0.15, 0.2) is 0 Å². The van der Waals surface area contributed by atoms with Crippen LogP contribution in [0.25, 0.3) is 0 Å². The molecule has 1 atom stereocenters. The summed E-state index contributed by atoms with van der Waals surface area (Å²) in [6.07, 6.45) is -0.422. The lowest BCUT2D eigenvalue weighted by atomic mass is 10.0. The molecule has 0 aliphatic carbocycles. The molecule has 0 fully saturated rings. The van der Waals surface area contributed by atoms with E-state index in [4.69, 9.17) is 9.47 Å². The Morgan fingerprint density at radius 2 is 1.67 bits per heavy atom. The fourth-order valence-corrected chi connectivity index (χ4v) is 1.78. The summed E-state index contributed by atoms with van der Waals surface area (Å²) in [7, 11) is 0. The molecule has 0 aliphatic heterocycles. The van der Waals surface area contributed by atoms with E-state index in [1.165, 1.54) is 0 Å². The van der Waals surface area contributed by atoms with E-state index in [-0.39, 0.29) is 24.4 Å². The molecular weight excluding hydrogens is 318 g/mol. The van der Waals surface area contributed by atoms with E-state index in [9.17, 15) is 19.5 Å². The van der Waals surface area contributed by atoms with Gasteiger partial charge in [-0.3, -0.25) is 0 Å². The molecule has 0 aromatic heterocycles. The third-order valence-corrected chi connectivity index (χ3v) is 2.80. The minimum absolute atomic E-state index is 0. The number of nitrogens with zero attached hydrogens (tertiary/aromatic N) is 1. The predicted octanol–water partition coefficient (Wildman–Crippen LogP) is 2.83. The van der Waals surface area contributed by atoms with Gasteiger partial charge in [0.05, 0.1) is 6.61 Å². The van der Waals surface area contributed by atoms with Gasteiger partial charge >= 0.3 is 18.2 Å². The van der Waals surface area contributed by atoms with E-state index in [2.05, 4.69) is 0 Å². The Balaban J connectivity index is 0. The molecule has 0 rings (SSSR count). The van der Waals surface area contributed by atoms with Gasteiger partial charge in [0, 0.05) is 0 Å². The molecule has 0 unspecified atom stereocenters. The first kappa shape index (κ1) is 24.4. The molecule has 0 heterocycles. The monoisotopic (exact) mass is 349 g/mol. The average molecular weight is 349 g/mol. The number of hydrogen-bond donors (Lipinski definition) is 1. The zero-order chi connectivity index (χ0) is 18.2. The lowest BCUT2D eigenvalue weighted by Crippen LogP contribution is -2.51. The summed E-state index contributed by atoms with van der Waals surface area (Å²) in [5.74, 6) is -1.29. The van der Waals surface area contributed by atoms with Crippen LogP contribution in [-0.4, -0.2) is 51.9 Å². The number of unbranched alkanes of at least 4 members (excludes halogenated alkanes) is 1. The molecule has 8 nitrogen and oxygen atoms in total. The van der Waals surface area contributed by atoms with Crippen molar-refractivity contribution in [1.82, 2.24) is 4.90 Å². The van der Waals surface area contributed by atoms with Gasteiger partial charge in [-0.2, -0.15) is 4.90 Å². The average Bonchev–Trinajstić information content (AvgIpc) is 2.35. The van der Waals surface area contributed by atoms with Crippen LogP contribution in [0.4, 0.5) is 9.59 Å². The Kier molecular flexibility index (Phi) is 11.0. The van der Waals surface area contributed by atoms with E-state index >= 15 is 0 Å². The number of hydrogen-bond acceptors (Lipinski definition) is 5. The topological polar surface area (TPSA) is 125 Å². The van der Waals surface area contributed by atoms with Crippen molar-refractivity contribution in [3.8, 4) is 0 Å².